The van der Waals surface area contributed by atoms with Crippen LogP contribution in [0.5, 0.6) is 0 Å². The molecule has 3 rings (SSSR count). The molecule has 0 bridgehead atoms. The summed E-state index contributed by atoms with van der Waals surface area (Å²) in [6.07, 6.45) is 3.06. The third-order valence-electron chi connectivity index (χ3n) is 4.42. The van der Waals surface area contributed by atoms with E-state index in [9.17, 15) is 22.0 Å². The summed E-state index contributed by atoms with van der Waals surface area (Å²) < 4.78 is 68.9. The molecule has 0 fully saturated rings. The van der Waals surface area contributed by atoms with Gasteiger partial charge in [0.25, 0.3) is 0 Å². The Labute approximate surface area is 154 Å². The van der Waals surface area contributed by atoms with E-state index in [0.29, 0.717) is 23.3 Å². The Hall–Kier alpha value is -2.69. The van der Waals surface area contributed by atoms with Crippen LogP contribution in [0.15, 0.2) is 48.5 Å². The Morgan fingerprint density at radius 1 is 0.630 bits per heavy atom. The summed E-state index contributed by atoms with van der Waals surface area (Å²) in [7, 11) is 0. The highest BCUT2D eigenvalue weighted by molar-refractivity contribution is 5.72. The summed E-state index contributed by atoms with van der Waals surface area (Å²) in [5, 5.41) is 0. The third-order valence-corrected chi connectivity index (χ3v) is 4.42. The van der Waals surface area contributed by atoms with Crippen molar-refractivity contribution in [2.75, 3.05) is 0 Å². The van der Waals surface area contributed by atoms with Crippen LogP contribution in [0.3, 0.4) is 0 Å². The van der Waals surface area contributed by atoms with Gasteiger partial charge in [0.1, 0.15) is 11.6 Å². The van der Waals surface area contributed by atoms with Crippen LogP contribution < -0.4 is 0 Å². The topological polar surface area (TPSA) is 0 Å². The maximum Gasteiger partial charge on any atom is 0.194 e. The molecule has 0 unspecified atom stereocenters. The molecule has 140 valence electrons. The first kappa shape index (κ1) is 19.1. The first-order valence-electron chi connectivity index (χ1n) is 8.64. The summed E-state index contributed by atoms with van der Waals surface area (Å²) >= 11 is 0. The van der Waals surface area contributed by atoms with E-state index < -0.39 is 40.2 Å². The van der Waals surface area contributed by atoms with Gasteiger partial charge in [-0.05, 0) is 59.4 Å². The fourth-order valence-corrected chi connectivity index (χ4v) is 2.96. The van der Waals surface area contributed by atoms with Crippen molar-refractivity contribution in [2.24, 2.45) is 0 Å². The number of benzene rings is 3. The molecule has 0 atom stereocenters. The highest BCUT2D eigenvalue weighted by atomic mass is 19.2. The predicted molar refractivity (Wildman–Crippen MR) is 95.7 cm³/mol. The molecular formula is C22H17F5. The van der Waals surface area contributed by atoms with Gasteiger partial charge >= 0.3 is 0 Å². The molecule has 3 aromatic carbocycles. The lowest BCUT2D eigenvalue weighted by Gasteiger charge is -2.10. The molecule has 0 aliphatic carbocycles. The van der Waals surface area contributed by atoms with Crippen molar-refractivity contribution < 1.29 is 22.0 Å². The van der Waals surface area contributed by atoms with Gasteiger partial charge in [-0.1, -0.05) is 37.6 Å². The number of halogens is 5. The summed E-state index contributed by atoms with van der Waals surface area (Å²) in [5.41, 5.74) is 1.06. The van der Waals surface area contributed by atoms with Gasteiger partial charge in [0.2, 0.25) is 0 Å². The highest BCUT2D eigenvalue weighted by Crippen LogP contribution is 2.32. The Morgan fingerprint density at radius 2 is 1.15 bits per heavy atom. The molecule has 0 aliphatic rings. The minimum absolute atomic E-state index is 0.304. The van der Waals surface area contributed by atoms with Crippen molar-refractivity contribution in [3.05, 3.63) is 83.2 Å². The van der Waals surface area contributed by atoms with Crippen molar-refractivity contribution >= 4 is 0 Å². The molecule has 0 saturated heterocycles. The number of rotatable bonds is 5. The fraction of sp³-hybridized carbons (Fsp3) is 0.182. The fourth-order valence-electron chi connectivity index (χ4n) is 2.96. The molecule has 0 N–H and O–H groups in total. The largest absolute Gasteiger partial charge is 0.206 e. The molecule has 5 heteroatoms. The zero-order valence-electron chi connectivity index (χ0n) is 14.6. The van der Waals surface area contributed by atoms with Gasteiger partial charge in [-0.15, -0.1) is 0 Å². The van der Waals surface area contributed by atoms with Gasteiger partial charge in [0, 0.05) is 0 Å². The monoisotopic (exact) mass is 376 g/mol. The third kappa shape index (κ3) is 4.02. The molecule has 0 nitrogen and oxygen atoms in total. The molecule has 3 aromatic rings. The Bertz CT molecular complexity index is 915. The molecule has 0 spiro atoms. The second-order valence-corrected chi connectivity index (χ2v) is 6.37. The Balaban J connectivity index is 1.98. The standard InChI is InChI=1S/C22H17F5/c1-2-3-4-13-5-7-14(8-6-13)15-9-17(23)21(18(24)10-15)16-11-19(25)22(27)20(26)12-16/h5-12H,2-4H2,1H3. The maximum absolute atomic E-state index is 14.5. The van der Waals surface area contributed by atoms with E-state index in [1.165, 1.54) is 0 Å². The van der Waals surface area contributed by atoms with Gasteiger partial charge in [-0.25, -0.2) is 22.0 Å². The lowest BCUT2D eigenvalue weighted by molar-refractivity contribution is 0.447. The van der Waals surface area contributed by atoms with Crippen molar-refractivity contribution in [3.8, 4) is 22.3 Å². The molecule has 0 aliphatic heterocycles. The van der Waals surface area contributed by atoms with Gasteiger partial charge < -0.3 is 0 Å². The number of aryl methyl sites for hydroxylation is 1. The zero-order valence-corrected chi connectivity index (χ0v) is 14.6. The van der Waals surface area contributed by atoms with Crippen LogP contribution in [-0.4, -0.2) is 0 Å². The van der Waals surface area contributed by atoms with Crippen molar-refractivity contribution in [1.82, 2.24) is 0 Å². The molecule has 0 heterocycles. The second kappa shape index (κ2) is 7.91. The SMILES string of the molecule is CCCCc1ccc(-c2cc(F)c(-c3cc(F)c(F)c(F)c3)c(F)c2)cc1. The van der Waals surface area contributed by atoms with E-state index in [4.69, 9.17) is 0 Å². The maximum atomic E-state index is 14.5. The van der Waals surface area contributed by atoms with E-state index in [0.717, 1.165) is 37.0 Å². The summed E-state index contributed by atoms with van der Waals surface area (Å²) in [6.45, 7) is 2.10. The van der Waals surface area contributed by atoms with Crippen molar-refractivity contribution in [3.63, 3.8) is 0 Å². The van der Waals surface area contributed by atoms with Gasteiger partial charge in [-0.2, -0.15) is 0 Å². The number of hydrogen-bond acceptors (Lipinski definition) is 0. The van der Waals surface area contributed by atoms with E-state index in [2.05, 4.69) is 6.92 Å². The lowest BCUT2D eigenvalue weighted by Crippen LogP contribution is -1.97. The summed E-state index contributed by atoms with van der Waals surface area (Å²) in [6, 6.07) is 10.7. The van der Waals surface area contributed by atoms with Crippen molar-refractivity contribution in [1.29, 1.82) is 0 Å². The lowest BCUT2D eigenvalue weighted by atomic mass is 9.97. The highest BCUT2D eigenvalue weighted by Gasteiger charge is 2.18. The summed E-state index contributed by atoms with van der Waals surface area (Å²) in [5.74, 6) is -6.65. The van der Waals surface area contributed by atoms with Crippen LogP contribution in [0.1, 0.15) is 25.3 Å². The van der Waals surface area contributed by atoms with Crippen LogP contribution in [0.25, 0.3) is 22.3 Å². The van der Waals surface area contributed by atoms with Crippen LogP contribution in [0.4, 0.5) is 22.0 Å². The quantitative estimate of drug-likeness (QED) is 0.330. The van der Waals surface area contributed by atoms with Crippen LogP contribution >= 0.6 is 0 Å². The van der Waals surface area contributed by atoms with Crippen LogP contribution in [0.2, 0.25) is 0 Å². The molecule has 27 heavy (non-hydrogen) atoms. The number of unbranched alkanes of at least 4 members (excludes halogenated alkanes) is 1. The van der Waals surface area contributed by atoms with E-state index in [1.54, 1.807) is 12.1 Å². The smallest absolute Gasteiger partial charge is 0.194 e. The first-order chi connectivity index (χ1) is 12.9. The first-order valence-corrected chi connectivity index (χ1v) is 8.64. The van der Waals surface area contributed by atoms with Crippen LogP contribution in [-0.2, 0) is 6.42 Å². The van der Waals surface area contributed by atoms with E-state index in [-0.39, 0.29) is 0 Å². The molecule has 0 radical (unpaired) electrons. The summed E-state index contributed by atoms with van der Waals surface area (Å²) in [4.78, 5) is 0. The van der Waals surface area contributed by atoms with Gasteiger partial charge in [-0.3, -0.25) is 0 Å². The molecule has 0 saturated carbocycles. The van der Waals surface area contributed by atoms with E-state index >= 15 is 0 Å². The number of hydrogen-bond donors (Lipinski definition) is 0. The normalized spacial score (nSPS) is 11.0. The van der Waals surface area contributed by atoms with Crippen molar-refractivity contribution in [2.45, 2.75) is 26.2 Å². The molecule has 0 aromatic heterocycles. The minimum atomic E-state index is -1.68. The average Bonchev–Trinajstić information content (AvgIpc) is 2.64. The van der Waals surface area contributed by atoms with Gasteiger partial charge in [0.15, 0.2) is 17.5 Å². The van der Waals surface area contributed by atoms with Crippen LogP contribution in [0, 0.1) is 29.1 Å². The van der Waals surface area contributed by atoms with E-state index in [1.807, 2.05) is 12.1 Å². The molecular weight excluding hydrogens is 359 g/mol. The Morgan fingerprint density at radius 3 is 1.67 bits per heavy atom. The average molecular weight is 376 g/mol. The minimum Gasteiger partial charge on any atom is -0.206 e. The predicted octanol–water partition coefficient (Wildman–Crippen LogP) is 7.06. The second-order valence-electron chi connectivity index (χ2n) is 6.37. The molecule has 0 amide bonds. The van der Waals surface area contributed by atoms with Gasteiger partial charge in [0.05, 0.1) is 5.56 Å². The Kier molecular flexibility index (Phi) is 5.59. The zero-order chi connectivity index (χ0) is 19.6.